The Morgan fingerprint density at radius 2 is 1.82 bits per heavy atom. The van der Waals surface area contributed by atoms with Crippen LogP contribution in [0.15, 0.2) is 64.7 Å². The van der Waals surface area contributed by atoms with Crippen molar-refractivity contribution >= 4 is 51.5 Å². The monoisotopic (exact) mass is 470 g/mol. The lowest BCUT2D eigenvalue weighted by Gasteiger charge is -2.13. The lowest BCUT2D eigenvalue weighted by Crippen LogP contribution is -2.27. The predicted octanol–water partition coefficient (Wildman–Crippen LogP) is 5.93. The summed E-state index contributed by atoms with van der Waals surface area (Å²) in [5.41, 5.74) is 5.04. The van der Waals surface area contributed by atoms with Gasteiger partial charge in [-0.25, -0.2) is 4.99 Å². The first-order valence-electron chi connectivity index (χ1n) is 11.5. The maximum Gasteiger partial charge on any atom is 0.261 e. The third-order valence-corrected chi connectivity index (χ3v) is 7.41. The van der Waals surface area contributed by atoms with Gasteiger partial charge in [0.05, 0.1) is 17.0 Å². The summed E-state index contributed by atoms with van der Waals surface area (Å²) in [7, 11) is 0. The third-order valence-electron chi connectivity index (χ3n) is 6.21. The molecule has 7 heteroatoms. The van der Waals surface area contributed by atoms with Crippen molar-refractivity contribution in [1.82, 2.24) is 0 Å². The Morgan fingerprint density at radius 3 is 2.59 bits per heavy atom. The van der Waals surface area contributed by atoms with Crippen molar-refractivity contribution in [2.45, 2.75) is 39.5 Å². The Hall–Kier alpha value is -3.58. The van der Waals surface area contributed by atoms with E-state index < -0.39 is 5.92 Å². The minimum Gasteiger partial charge on any atom is -0.322 e. The number of carbonyl (C=O) groups excluding carboxylic acids is 2. The Balaban J connectivity index is 1.43. The molecule has 3 aromatic rings. The van der Waals surface area contributed by atoms with Gasteiger partial charge < -0.3 is 5.32 Å². The number of hydrogen-bond donors (Lipinski definition) is 1. The molecule has 0 spiro atoms. The largest absolute Gasteiger partial charge is 0.322 e. The van der Waals surface area contributed by atoms with E-state index in [1.54, 1.807) is 17.6 Å². The van der Waals surface area contributed by atoms with E-state index in [-0.39, 0.29) is 11.8 Å². The predicted molar refractivity (Wildman–Crippen MR) is 139 cm³/mol. The molecule has 2 heterocycles. The van der Waals surface area contributed by atoms with E-state index >= 15 is 0 Å². The number of aryl methyl sites for hydroxylation is 2. The molecule has 0 radical (unpaired) electrons. The van der Waals surface area contributed by atoms with Gasteiger partial charge in [0.2, 0.25) is 0 Å². The fraction of sp³-hybridized carbons (Fsp3) is 0.259. The summed E-state index contributed by atoms with van der Waals surface area (Å²) in [5.74, 6) is -0.837. The normalized spacial score (nSPS) is 17.7. The van der Waals surface area contributed by atoms with Crippen LogP contribution >= 0.6 is 11.3 Å². The van der Waals surface area contributed by atoms with Crippen LogP contribution in [-0.4, -0.2) is 23.7 Å². The molecule has 1 aliphatic heterocycles. The molecular weight excluding hydrogens is 444 g/mol. The molecule has 1 aliphatic carbocycles. The van der Waals surface area contributed by atoms with Crippen molar-refractivity contribution in [3.05, 3.63) is 76.2 Å². The molecule has 1 N–H and O–H groups in total. The molecule has 172 valence electrons. The zero-order chi connectivity index (χ0) is 23.7. The van der Waals surface area contributed by atoms with Gasteiger partial charge >= 0.3 is 0 Å². The van der Waals surface area contributed by atoms with Gasteiger partial charge in [0.15, 0.2) is 0 Å². The second-order valence-corrected chi connectivity index (χ2v) is 9.78. The SMILES string of the molecule is CC1=NN(c2ccccc2)C(=O)[C@@H]1C=Nc1sc2c(c1C(=O)Nc1ccc(C)cc1)CCCC2. The molecule has 5 rings (SSSR count). The van der Waals surface area contributed by atoms with Crippen LogP contribution in [-0.2, 0) is 17.6 Å². The number of fused-ring (bicyclic) bond motifs is 1. The van der Waals surface area contributed by atoms with Crippen molar-refractivity contribution < 1.29 is 9.59 Å². The third kappa shape index (κ3) is 4.31. The topological polar surface area (TPSA) is 74.1 Å². The van der Waals surface area contributed by atoms with Crippen molar-refractivity contribution in [1.29, 1.82) is 0 Å². The molecule has 1 aromatic heterocycles. The number of carbonyl (C=O) groups is 2. The Kier molecular flexibility index (Phi) is 6.11. The molecule has 2 aliphatic rings. The van der Waals surface area contributed by atoms with Crippen LogP contribution in [0.3, 0.4) is 0 Å². The summed E-state index contributed by atoms with van der Waals surface area (Å²) >= 11 is 1.56. The van der Waals surface area contributed by atoms with Crippen LogP contribution < -0.4 is 10.3 Å². The number of aliphatic imine (C=N–C) groups is 1. The molecular formula is C27H26N4O2S. The lowest BCUT2D eigenvalue weighted by atomic mass is 9.95. The van der Waals surface area contributed by atoms with Gasteiger partial charge in [-0.15, -0.1) is 11.3 Å². The molecule has 0 saturated carbocycles. The Bertz CT molecular complexity index is 1290. The van der Waals surface area contributed by atoms with Crippen molar-refractivity contribution in [3.8, 4) is 0 Å². The summed E-state index contributed by atoms with van der Waals surface area (Å²) in [6, 6.07) is 17.1. The number of para-hydroxylation sites is 1. The summed E-state index contributed by atoms with van der Waals surface area (Å²) in [6.45, 7) is 3.85. The molecule has 0 fully saturated rings. The summed E-state index contributed by atoms with van der Waals surface area (Å²) in [5, 5.41) is 9.57. The molecule has 1 atom stereocenters. The zero-order valence-electron chi connectivity index (χ0n) is 19.2. The van der Waals surface area contributed by atoms with E-state index in [1.807, 2.05) is 68.4 Å². The molecule has 6 nitrogen and oxygen atoms in total. The number of rotatable bonds is 5. The minimum atomic E-state index is -0.549. The smallest absolute Gasteiger partial charge is 0.261 e. The fourth-order valence-corrected chi connectivity index (χ4v) is 5.59. The van der Waals surface area contributed by atoms with Crippen LogP contribution in [0.4, 0.5) is 16.4 Å². The number of hydrogen-bond acceptors (Lipinski definition) is 5. The second-order valence-electron chi connectivity index (χ2n) is 8.69. The quantitative estimate of drug-likeness (QED) is 0.470. The zero-order valence-corrected chi connectivity index (χ0v) is 20.1. The van der Waals surface area contributed by atoms with E-state index in [2.05, 4.69) is 10.4 Å². The first-order chi connectivity index (χ1) is 16.5. The number of anilines is 2. The first kappa shape index (κ1) is 22.2. The highest BCUT2D eigenvalue weighted by atomic mass is 32.1. The maximum atomic E-state index is 13.3. The van der Waals surface area contributed by atoms with Gasteiger partial charge in [-0.05, 0) is 69.4 Å². The average Bonchev–Trinajstić information content (AvgIpc) is 3.36. The summed E-state index contributed by atoms with van der Waals surface area (Å²) in [4.78, 5) is 32.3. The summed E-state index contributed by atoms with van der Waals surface area (Å²) < 4.78 is 0. The van der Waals surface area contributed by atoms with Crippen molar-refractivity contribution in [2.75, 3.05) is 10.3 Å². The lowest BCUT2D eigenvalue weighted by molar-refractivity contribution is -0.118. The highest BCUT2D eigenvalue weighted by Crippen LogP contribution is 2.40. The molecule has 0 saturated heterocycles. The highest BCUT2D eigenvalue weighted by Gasteiger charge is 2.33. The second kappa shape index (κ2) is 9.35. The number of hydrazone groups is 1. The van der Waals surface area contributed by atoms with Gasteiger partial charge in [0, 0.05) is 16.8 Å². The van der Waals surface area contributed by atoms with E-state index in [9.17, 15) is 9.59 Å². The Labute approximate surface area is 203 Å². The highest BCUT2D eigenvalue weighted by molar-refractivity contribution is 7.16. The molecule has 2 aromatic carbocycles. The van der Waals surface area contributed by atoms with Gasteiger partial charge in [-0.1, -0.05) is 35.9 Å². The van der Waals surface area contributed by atoms with Gasteiger partial charge in [-0.3, -0.25) is 9.59 Å². The van der Waals surface area contributed by atoms with Crippen molar-refractivity contribution in [3.63, 3.8) is 0 Å². The molecule has 34 heavy (non-hydrogen) atoms. The molecule has 2 amide bonds. The van der Waals surface area contributed by atoms with Crippen LogP contribution in [0.25, 0.3) is 0 Å². The van der Waals surface area contributed by atoms with Crippen LogP contribution in [0.1, 0.15) is 46.1 Å². The van der Waals surface area contributed by atoms with Crippen LogP contribution in [0, 0.1) is 12.8 Å². The summed E-state index contributed by atoms with van der Waals surface area (Å²) in [6.07, 6.45) is 5.67. The van der Waals surface area contributed by atoms with Gasteiger partial charge in [-0.2, -0.15) is 10.1 Å². The fourth-order valence-electron chi connectivity index (χ4n) is 4.35. The van der Waals surface area contributed by atoms with E-state index in [1.165, 1.54) is 9.89 Å². The number of nitrogens with one attached hydrogen (secondary N) is 1. The van der Waals surface area contributed by atoms with Crippen LogP contribution in [0.2, 0.25) is 0 Å². The molecule has 0 bridgehead atoms. The number of benzene rings is 2. The van der Waals surface area contributed by atoms with Crippen LogP contribution in [0.5, 0.6) is 0 Å². The number of amides is 2. The van der Waals surface area contributed by atoms with E-state index in [0.717, 1.165) is 48.2 Å². The minimum absolute atomic E-state index is 0.139. The number of thiophene rings is 1. The first-order valence-corrected chi connectivity index (χ1v) is 12.3. The standard InChI is InChI=1S/C27H26N4O2S/c1-17-12-14-19(15-13-17)29-25(32)24-21-10-6-7-11-23(21)34-26(24)28-16-22-18(2)30-31(27(22)33)20-8-4-3-5-9-20/h3-5,8-9,12-16,22H,6-7,10-11H2,1-2H3,(H,29,32)/t22-/m1/s1. The average molecular weight is 471 g/mol. The maximum absolute atomic E-state index is 13.3. The van der Waals surface area contributed by atoms with Crippen molar-refractivity contribution in [2.24, 2.45) is 16.0 Å². The van der Waals surface area contributed by atoms with Gasteiger partial charge in [0.1, 0.15) is 10.9 Å². The molecule has 0 unspecified atom stereocenters. The van der Waals surface area contributed by atoms with E-state index in [0.29, 0.717) is 16.3 Å². The Morgan fingerprint density at radius 1 is 1.09 bits per heavy atom. The van der Waals surface area contributed by atoms with E-state index in [4.69, 9.17) is 4.99 Å². The van der Waals surface area contributed by atoms with Gasteiger partial charge in [0.25, 0.3) is 11.8 Å². The number of nitrogens with zero attached hydrogens (tertiary/aromatic N) is 3.